The highest BCUT2D eigenvalue weighted by molar-refractivity contribution is 6.35. The lowest BCUT2D eigenvalue weighted by molar-refractivity contribution is -0.138. The smallest absolute Gasteiger partial charge is 0.278 e. The fourth-order valence-electron chi connectivity index (χ4n) is 3.54. The lowest BCUT2D eigenvalue weighted by atomic mass is 10.0. The topological polar surface area (TPSA) is 53.5 Å². The van der Waals surface area contributed by atoms with E-state index in [4.69, 9.17) is 11.6 Å². The molecule has 0 fully saturated rings. The van der Waals surface area contributed by atoms with Gasteiger partial charge in [-0.1, -0.05) is 54.1 Å². The van der Waals surface area contributed by atoms with Crippen molar-refractivity contribution < 1.29 is 9.59 Å². The number of benzene rings is 2. The van der Waals surface area contributed by atoms with Gasteiger partial charge in [-0.3, -0.25) is 19.5 Å². The van der Waals surface area contributed by atoms with Crippen LogP contribution in [0.3, 0.4) is 0 Å². The van der Waals surface area contributed by atoms with Crippen LogP contribution < -0.4 is 0 Å². The van der Waals surface area contributed by atoms with Gasteiger partial charge in [-0.2, -0.15) is 0 Å². The van der Waals surface area contributed by atoms with Gasteiger partial charge >= 0.3 is 0 Å². The quantitative estimate of drug-likeness (QED) is 0.565. The molecule has 6 heteroatoms. The standard InChI is InChI=1S/C24H20ClN3O2/c1-27(15-17-5-3-2-4-6-17)22-21(19-7-9-20(25)10-8-19)23(29)28(24(22)30)16-18-11-13-26-14-12-18/h2-14H,15-16H2,1H3. The van der Waals surface area contributed by atoms with Gasteiger partial charge in [0.15, 0.2) is 0 Å². The first kappa shape index (κ1) is 19.9. The van der Waals surface area contributed by atoms with Crippen LogP contribution in [0, 0.1) is 0 Å². The summed E-state index contributed by atoms with van der Waals surface area (Å²) in [5.41, 5.74) is 3.35. The number of hydrogen-bond acceptors (Lipinski definition) is 4. The maximum atomic E-state index is 13.4. The molecule has 150 valence electrons. The van der Waals surface area contributed by atoms with E-state index in [0.29, 0.717) is 28.4 Å². The fraction of sp³-hybridized carbons (Fsp3) is 0.125. The van der Waals surface area contributed by atoms with Crippen molar-refractivity contribution in [2.75, 3.05) is 7.05 Å². The van der Waals surface area contributed by atoms with E-state index >= 15 is 0 Å². The number of imide groups is 1. The SMILES string of the molecule is CN(Cc1ccccc1)C1=C(c2ccc(Cl)cc2)C(=O)N(Cc2ccncc2)C1=O. The van der Waals surface area contributed by atoms with E-state index in [0.717, 1.165) is 11.1 Å². The maximum absolute atomic E-state index is 13.4. The monoisotopic (exact) mass is 417 g/mol. The number of halogens is 1. The Labute approximate surface area is 180 Å². The molecule has 0 N–H and O–H groups in total. The van der Waals surface area contributed by atoms with Gasteiger partial charge in [0, 0.05) is 31.0 Å². The zero-order chi connectivity index (χ0) is 21.1. The van der Waals surface area contributed by atoms with Crippen molar-refractivity contribution in [2.24, 2.45) is 0 Å². The molecule has 1 aliphatic rings. The summed E-state index contributed by atoms with van der Waals surface area (Å²) in [6.07, 6.45) is 3.30. The Bertz CT molecular complexity index is 1100. The average molecular weight is 418 g/mol. The largest absolute Gasteiger partial charge is 0.365 e. The molecule has 0 bridgehead atoms. The van der Waals surface area contributed by atoms with Crippen LogP contribution in [-0.4, -0.2) is 33.6 Å². The molecule has 2 amide bonds. The summed E-state index contributed by atoms with van der Waals surface area (Å²) in [6.45, 7) is 0.704. The van der Waals surface area contributed by atoms with Crippen LogP contribution in [0.4, 0.5) is 0 Å². The zero-order valence-corrected chi connectivity index (χ0v) is 17.2. The number of carbonyl (C=O) groups excluding carboxylic acids is 2. The molecule has 30 heavy (non-hydrogen) atoms. The first-order valence-electron chi connectivity index (χ1n) is 9.55. The molecule has 4 rings (SSSR count). The minimum absolute atomic E-state index is 0.194. The number of hydrogen-bond donors (Lipinski definition) is 0. The van der Waals surface area contributed by atoms with Crippen LogP contribution in [0.1, 0.15) is 16.7 Å². The number of likely N-dealkylation sites (N-methyl/N-ethyl adjacent to an activating group) is 1. The summed E-state index contributed by atoms with van der Waals surface area (Å²) in [7, 11) is 1.83. The van der Waals surface area contributed by atoms with E-state index < -0.39 is 0 Å². The molecule has 0 spiro atoms. The van der Waals surface area contributed by atoms with Crippen molar-refractivity contribution in [3.63, 3.8) is 0 Å². The summed E-state index contributed by atoms with van der Waals surface area (Å²) >= 11 is 6.03. The summed E-state index contributed by atoms with van der Waals surface area (Å²) in [5, 5.41) is 0.573. The predicted molar refractivity (Wildman–Crippen MR) is 116 cm³/mol. The Morgan fingerprint density at radius 2 is 1.53 bits per heavy atom. The molecule has 2 aromatic carbocycles. The molecule has 5 nitrogen and oxygen atoms in total. The summed E-state index contributed by atoms with van der Waals surface area (Å²) in [6, 6.07) is 20.4. The summed E-state index contributed by atoms with van der Waals surface area (Å²) in [5.74, 6) is -0.616. The van der Waals surface area contributed by atoms with E-state index in [1.165, 1.54) is 4.90 Å². The van der Waals surface area contributed by atoms with E-state index in [9.17, 15) is 9.59 Å². The molecule has 0 aliphatic carbocycles. The van der Waals surface area contributed by atoms with Gasteiger partial charge in [-0.05, 0) is 41.0 Å². The van der Waals surface area contributed by atoms with Crippen molar-refractivity contribution in [1.29, 1.82) is 0 Å². The Morgan fingerprint density at radius 3 is 2.20 bits per heavy atom. The van der Waals surface area contributed by atoms with Crippen molar-refractivity contribution in [1.82, 2.24) is 14.8 Å². The van der Waals surface area contributed by atoms with Crippen molar-refractivity contribution in [3.8, 4) is 0 Å². The van der Waals surface area contributed by atoms with E-state index in [1.807, 2.05) is 42.3 Å². The lowest BCUT2D eigenvalue weighted by Gasteiger charge is -2.21. The molecule has 0 unspecified atom stereocenters. The van der Waals surface area contributed by atoms with Crippen LogP contribution in [0.25, 0.3) is 5.57 Å². The molecular formula is C24H20ClN3O2. The number of amides is 2. The van der Waals surface area contributed by atoms with E-state index in [-0.39, 0.29) is 18.4 Å². The van der Waals surface area contributed by atoms with Gasteiger partial charge in [-0.15, -0.1) is 0 Å². The van der Waals surface area contributed by atoms with Gasteiger partial charge in [0.2, 0.25) is 0 Å². The van der Waals surface area contributed by atoms with Crippen molar-refractivity contribution >= 4 is 29.0 Å². The van der Waals surface area contributed by atoms with E-state index in [2.05, 4.69) is 4.98 Å². The highest BCUT2D eigenvalue weighted by atomic mass is 35.5. The second-order valence-corrected chi connectivity index (χ2v) is 7.56. The minimum Gasteiger partial charge on any atom is -0.365 e. The average Bonchev–Trinajstić information content (AvgIpc) is 3.00. The summed E-state index contributed by atoms with van der Waals surface area (Å²) in [4.78, 5) is 33.8. The Balaban J connectivity index is 1.72. The third kappa shape index (κ3) is 3.98. The maximum Gasteiger partial charge on any atom is 0.278 e. The number of rotatable bonds is 6. The molecular weight excluding hydrogens is 398 g/mol. The highest BCUT2D eigenvalue weighted by Crippen LogP contribution is 2.33. The number of nitrogens with zero attached hydrogens (tertiary/aromatic N) is 3. The zero-order valence-electron chi connectivity index (χ0n) is 16.5. The van der Waals surface area contributed by atoms with Crippen molar-refractivity contribution in [3.05, 3.63) is 107 Å². The van der Waals surface area contributed by atoms with Gasteiger partial charge in [0.25, 0.3) is 11.8 Å². The fourth-order valence-corrected chi connectivity index (χ4v) is 3.67. The molecule has 3 aromatic rings. The molecule has 0 saturated heterocycles. The van der Waals surface area contributed by atoms with Crippen LogP contribution in [0.15, 0.2) is 84.8 Å². The van der Waals surface area contributed by atoms with Gasteiger partial charge in [0.05, 0.1) is 12.1 Å². The predicted octanol–water partition coefficient (Wildman–Crippen LogP) is 4.15. The molecule has 2 heterocycles. The molecule has 1 aromatic heterocycles. The first-order chi connectivity index (χ1) is 14.5. The molecule has 1 aliphatic heterocycles. The third-order valence-electron chi connectivity index (χ3n) is 5.01. The van der Waals surface area contributed by atoms with Crippen LogP contribution >= 0.6 is 11.6 Å². The van der Waals surface area contributed by atoms with Crippen LogP contribution in [0.2, 0.25) is 5.02 Å². The molecule has 0 radical (unpaired) electrons. The van der Waals surface area contributed by atoms with Crippen molar-refractivity contribution in [2.45, 2.75) is 13.1 Å². The minimum atomic E-state index is -0.311. The second kappa shape index (κ2) is 8.51. The van der Waals surface area contributed by atoms with E-state index in [1.54, 1.807) is 48.8 Å². The number of carbonyl (C=O) groups is 2. The van der Waals surface area contributed by atoms with Gasteiger partial charge < -0.3 is 4.90 Å². The van der Waals surface area contributed by atoms with Crippen LogP contribution in [0.5, 0.6) is 0 Å². The Morgan fingerprint density at radius 1 is 0.867 bits per heavy atom. The highest BCUT2D eigenvalue weighted by Gasteiger charge is 2.40. The van der Waals surface area contributed by atoms with Crippen LogP contribution in [-0.2, 0) is 22.7 Å². The Hall–Kier alpha value is -3.44. The van der Waals surface area contributed by atoms with Gasteiger partial charge in [-0.25, -0.2) is 0 Å². The number of pyridine rings is 1. The Kier molecular flexibility index (Phi) is 5.63. The third-order valence-corrected chi connectivity index (χ3v) is 5.26. The summed E-state index contributed by atoms with van der Waals surface area (Å²) < 4.78 is 0. The number of aromatic nitrogens is 1. The second-order valence-electron chi connectivity index (χ2n) is 7.12. The molecule has 0 saturated carbocycles. The van der Waals surface area contributed by atoms with Gasteiger partial charge in [0.1, 0.15) is 5.70 Å². The normalized spacial score (nSPS) is 13.9. The molecule has 0 atom stereocenters. The lowest BCUT2D eigenvalue weighted by Crippen LogP contribution is -2.33. The first-order valence-corrected chi connectivity index (χ1v) is 9.93.